The highest BCUT2D eigenvalue weighted by Gasteiger charge is 2.46. The van der Waals surface area contributed by atoms with Crippen molar-refractivity contribution in [1.29, 1.82) is 0 Å². The minimum absolute atomic E-state index is 0.268. The predicted molar refractivity (Wildman–Crippen MR) is 76.1 cm³/mol. The summed E-state index contributed by atoms with van der Waals surface area (Å²) in [6.45, 7) is 4.50. The molecule has 0 aliphatic carbocycles. The highest BCUT2D eigenvalue weighted by molar-refractivity contribution is 8.68. The van der Waals surface area contributed by atoms with E-state index in [2.05, 4.69) is 0 Å². The van der Waals surface area contributed by atoms with E-state index in [1.165, 1.54) is 0 Å². The molecule has 1 aliphatic rings. The first-order chi connectivity index (χ1) is 9.60. The van der Waals surface area contributed by atoms with Crippen LogP contribution in [0.3, 0.4) is 0 Å². The summed E-state index contributed by atoms with van der Waals surface area (Å²) >= 11 is 0. The molecule has 1 aliphatic heterocycles. The first-order valence-electron chi connectivity index (χ1n) is 6.69. The Labute approximate surface area is 125 Å². The van der Waals surface area contributed by atoms with Gasteiger partial charge in [0.25, 0.3) is 0 Å². The van der Waals surface area contributed by atoms with Gasteiger partial charge in [-0.15, -0.1) is 0 Å². The molecule has 1 saturated heterocycles. The zero-order valence-corrected chi connectivity index (χ0v) is 13.3. The van der Waals surface area contributed by atoms with Gasteiger partial charge >= 0.3 is 11.9 Å². The summed E-state index contributed by atoms with van der Waals surface area (Å²) in [5, 5.41) is -0.915. The minimum Gasteiger partial charge on any atom is -0.465 e. The molecule has 0 aromatic carbocycles. The number of hydrogen-bond acceptors (Lipinski definition) is 7. The Morgan fingerprint density at radius 1 is 1.10 bits per heavy atom. The van der Waals surface area contributed by atoms with E-state index in [-0.39, 0.29) is 13.2 Å². The second-order valence-corrected chi connectivity index (χ2v) is 6.97. The summed E-state index contributed by atoms with van der Waals surface area (Å²) in [5.74, 6) is -1.24. The SMILES string of the molecule is CCCCOC(=O)C1OS(=O)SC1C(=O)OCCCC. The fraction of sp³-hybridized carbons (Fsp3) is 0.833. The quantitative estimate of drug-likeness (QED) is 0.382. The third kappa shape index (κ3) is 5.41. The van der Waals surface area contributed by atoms with Crippen LogP contribution in [0.4, 0.5) is 0 Å². The Morgan fingerprint density at radius 2 is 1.65 bits per heavy atom. The zero-order chi connectivity index (χ0) is 15.0. The van der Waals surface area contributed by atoms with E-state index in [0.29, 0.717) is 0 Å². The third-order valence-electron chi connectivity index (χ3n) is 2.59. The second kappa shape index (κ2) is 9.36. The van der Waals surface area contributed by atoms with Crippen molar-refractivity contribution < 1.29 is 27.5 Å². The van der Waals surface area contributed by atoms with Gasteiger partial charge in [0.2, 0.25) is 10.1 Å². The van der Waals surface area contributed by atoms with Gasteiger partial charge in [0.05, 0.1) is 13.2 Å². The van der Waals surface area contributed by atoms with Crippen LogP contribution < -0.4 is 0 Å². The number of ether oxygens (including phenoxy) is 2. The van der Waals surface area contributed by atoms with Gasteiger partial charge in [-0.3, -0.25) is 8.98 Å². The molecule has 0 N–H and O–H groups in total. The van der Waals surface area contributed by atoms with Gasteiger partial charge in [-0.1, -0.05) is 26.7 Å². The molecule has 0 aromatic rings. The smallest absolute Gasteiger partial charge is 0.338 e. The molecule has 0 saturated carbocycles. The molecule has 20 heavy (non-hydrogen) atoms. The molecule has 3 atom stereocenters. The average Bonchev–Trinajstić information content (AvgIpc) is 2.81. The first-order valence-corrected chi connectivity index (χ1v) is 9.16. The lowest BCUT2D eigenvalue weighted by atomic mass is 10.2. The maximum absolute atomic E-state index is 11.8. The maximum atomic E-state index is 11.8. The Kier molecular flexibility index (Phi) is 8.16. The van der Waals surface area contributed by atoms with E-state index in [0.717, 1.165) is 36.5 Å². The number of carbonyl (C=O) groups is 2. The molecule has 6 nitrogen and oxygen atoms in total. The fourth-order valence-corrected chi connectivity index (χ4v) is 3.91. The maximum Gasteiger partial charge on any atom is 0.338 e. The summed E-state index contributed by atoms with van der Waals surface area (Å²) < 4.78 is 26.4. The number of unbranched alkanes of at least 4 members (excludes halogenated alkanes) is 2. The van der Waals surface area contributed by atoms with Crippen LogP contribution in [0.15, 0.2) is 0 Å². The van der Waals surface area contributed by atoms with Crippen molar-refractivity contribution in [2.45, 2.75) is 50.9 Å². The van der Waals surface area contributed by atoms with Crippen LogP contribution in [0.25, 0.3) is 0 Å². The van der Waals surface area contributed by atoms with Crippen LogP contribution in [0.2, 0.25) is 0 Å². The lowest BCUT2D eigenvalue weighted by Gasteiger charge is -2.14. The Balaban J connectivity index is 2.52. The lowest BCUT2D eigenvalue weighted by molar-refractivity contribution is -0.157. The van der Waals surface area contributed by atoms with Gasteiger partial charge in [-0.2, -0.15) is 0 Å². The van der Waals surface area contributed by atoms with Crippen molar-refractivity contribution in [3.8, 4) is 0 Å². The average molecular weight is 324 g/mol. The molecule has 0 bridgehead atoms. The minimum atomic E-state index is -1.72. The van der Waals surface area contributed by atoms with Gasteiger partial charge in [0.1, 0.15) is 0 Å². The van der Waals surface area contributed by atoms with Gasteiger partial charge in [0, 0.05) is 0 Å². The van der Waals surface area contributed by atoms with Crippen LogP contribution in [-0.2, 0) is 33.4 Å². The highest BCUT2D eigenvalue weighted by atomic mass is 33.1. The normalized spacial score (nSPS) is 25.4. The Morgan fingerprint density at radius 3 is 2.20 bits per heavy atom. The molecule has 8 heteroatoms. The van der Waals surface area contributed by atoms with Crippen LogP contribution in [0.1, 0.15) is 39.5 Å². The van der Waals surface area contributed by atoms with E-state index in [9.17, 15) is 13.8 Å². The van der Waals surface area contributed by atoms with Crippen molar-refractivity contribution in [2.75, 3.05) is 13.2 Å². The lowest BCUT2D eigenvalue weighted by Crippen LogP contribution is -2.37. The van der Waals surface area contributed by atoms with Crippen molar-refractivity contribution >= 4 is 32.8 Å². The first kappa shape index (κ1) is 17.5. The topological polar surface area (TPSA) is 78.9 Å². The van der Waals surface area contributed by atoms with Crippen molar-refractivity contribution in [3.05, 3.63) is 0 Å². The number of rotatable bonds is 8. The number of esters is 2. The standard InChI is InChI=1S/C12H20O6S2/c1-3-5-7-16-11(13)9-10(19-20(15)18-9)12(14)17-8-6-4-2/h9-10H,3-8H2,1-2H3. The monoisotopic (exact) mass is 324 g/mol. The molecule has 1 heterocycles. The fourth-order valence-electron chi connectivity index (χ4n) is 1.42. The van der Waals surface area contributed by atoms with Gasteiger partial charge in [-0.25, -0.2) is 9.00 Å². The zero-order valence-electron chi connectivity index (χ0n) is 11.7. The Hall–Kier alpha value is -0.600. The second-order valence-electron chi connectivity index (χ2n) is 4.28. The van der Waals surface area contributed by atoms with E-state index in [1.807, 2.05) is 13.8 Å². The molecule has 0 aromatic heterocycles. The van der Waals surface area contributed by atoms with Gasteiger partial charge < -0.3 is 9.47 Å². The molecular formula is C12H20O6S2. The summed E-state index contributed by atoms with van der Waals surface area (Å²) in [7, 11) is -0.942. The molecule has 1 rings (SSSR count). The van der Waals surface area contributed by atoms with Crippen molar-refractivity contribution in [3.63, 3.8) is 0 Å². The van der Waals surface area contributed by atoms with E-state index >= 15 is 0 Å². The molecule has 0 amide bonds. The molecule has 0 radical (unpaired) electrons. The summed E-state index contributed by atoms with van der Waals surface area (Å²) in [6.07, 6.45) is 2.13. The Bertz CT molecular complexity index is 328. The van der Waals surface area contributed by atoms with Gasteiger partial charge in [-0.05, 0) is 23.6 Å². The van der Waals surface area contributed by atoms with E-state index in [4.69, 9.17) is 13.7 Å². The van der Waals surface area contributed by atoms with E-state index in [1.54, 1.807) is 0 Å². The summed E-state index contributed by atoms with van der Waals surface area (Å²) in [4.78, 5) is 23.7. The largest absolute Gasteiger partial charge is 0.465 e. The summed E-state index contributed by atoms with van der Waals surface area (Å²) in [5.41, 5.74) is 0. The third-order valence-corrected chi connectivity index (χ3v) is 5.09. The van der Waals surface area contributed by atoms with Crippen molar-refractivity contribution in [1.82, 2.24) is 0 Å². The highest BCUT2D eigenvalue weighted by Crippen LogP contribution is 2.33. The number of carbonyl (C=O) groups excluding carboxylic acids is 2. The van der Waals surface area contributed by atoms with E-state index < -0.39 is 33.4 Å². The molecule has 116 valence electrons. The molecule has 3 unspecified atom stereocenters. The number of hydrogen-bond donors (Lipinski definition) is 0. The van der Waals surface area contributed by atoms with Crippen LogP contribution in [-0.4, -0.2) is 40.7 Å². The van der Waals surface area contributed by atoms with Gasteiger partial charge in [0.15, 0.2) is 11.4 Å². The molecule has 1 fully saturated rings. The van der Waals surface area contributed by atoms with Crippen LogP contribution in [0, 0.1) is 0 Å². The predicted octanol–water partition coefficient (Wildman–Crippen LogP) is 1.75. The summed E-state index contributed by atoms with van der Waals surface area (Å²) in [6, 6.07) is 0. The van der Waals surface area contributed by atoms with Crippen molar-refractivity contribution in [2.24, 2.45) is 0 Å². The van der Waals surface area contributed by atoms with Crippen LogP contribution >= 0.6 is 10.8 Å². The molecule has 0 spiro atoms. The molecular weight excluding hydrogens is 304 g/mol. The van der Waals surface area contributed by atoms with Crippen LogP contribution in [0.5, 0.6) is 0 Å².